The van der Waals surface area contributed by atoms with E-state index in [9.17, 15) is 0 Å². The molecule has 5 nitrogen and oxygen atoms in total. The van der Waals surface area contributed by atoms with E-state index < -0.39 is 0 Å². The second-order valence-corrected chi connectivity index (χ2v) is 9.09. The Hall–Kier alpha value is -2.35. The van der Waals surface area contributed by atoms with Crippen LogP contribution in [0, 0.1) is 6.92 Å². The first-order chi connectivity index (χ1) is 14.5. The summed E-state index contributed by atoms with van der Waals surface area (Å²) in [7, 11) is 1.96. The van der Waals surface area contributed by atoms with Gasteiger partial charge in [0.25, 0.3) is 0 Å². The lowest BCUT2D eigenvalue weighted by atomic mass is 10.2. The number of ether oxygens (including phenoxy) is 1. The molecule has 2 aromatic carbocycles. The van der Waals surface area contributed by atoms with Crippen LogP contribution >= 0.6 is 34.7 Å². The monoisotopic (exact) mass is 456 g/mol. The fourth-order valence-corrected chi connectivity index (χ4v) is 5.01. The predicted octanol–water partition coefficient (Wildman–Crippen LogP) is 6.33. The summed E-state index contributed by atoms with van der Waals surface area (Å²) in [5.74, 6) is 2.31. The normalized spacial score (nSPS) is 12.1. The Morgan fingerprint density at radius 1 is 1.13 bits per heavy atom. The Kier molecular flexibility index (Phi) is 6.41. The van der Waals surface area contributed by atoms with Crippen molar-refractivity contribution in [3.8, 4) is 16.3 Å². The minimum atomic E-state index is -0.203. The van der Waals surface area contributed by atoms with E-state index in [4.69, 9.17) is 21.3 Å². The van der Waals surface area contributed by atoms with Crippen LogP contribution in [0.1, 0.15) is 30.1 Å². The summed E-state index contributed by atoms with van der Waals surface area (Å²) in [6.45, 7) is 4.04. The minimum Gasteiger partial charge on any atom is -0.483 e. The van der Waals surface area contributed by atoms with Gasteiger partial charge < -0.3 is 9.30 Å². The van der Waals surface area contributed by atoms with Crippen LogP contribution in [0.15, 0.2) is 59.1 Å². The summed E-state index contributed by atoms with van der Waals surface area (Å²) in [4.78, 5) is 4.72. The molecule has 0 N–H and O–H groups in total. The van der Waals surface area contributed by atoms with E-state index in [2.05, 4.69) is 22.5 Å². The van der Waals surface area contributed by atoms with E-state index in [0.29, 0.717) is 10.8 Å². The van der Waals surface area contributed by atoms with Crippen molar-refractivity contribution in [1.82, 2.24) is 19.7 Å². The molecule has 154 valence electrons. The molecule has 0 spiro atoms. The lowest BCUT2D eigenvalue weighted by Crippen LogP contribution is -2.10. The summed E-state index contributed by atoms with van der Waals surface area (Å²) in [5, 5.41) is 13.2. The summed E-state index contributed by atoms with van der Waals surface area (Å²) < 4.78 is 8.00. The molecular formula is C22H21ClN4OS2. The highest BCUT2D eigenvalue weighted by molar-refractivity contribution is 7.98. The van der Waals surface area contributed by atoms with Crippen molar-refractivity contribution in [3.63, 3.8) is 0 Å². The smallest absolute Gasteiger partial charge is 0.191 e. The van der Waals surface area contributed by atoms with Gasteiger partial charge in [0.05, 0.1) is 10.7 Å². The zero-order chi connectivity index (χ0) is 21.1. The first kappa shape index (κ1) is 20.9. The molecule has 0 radical (unpaired) electrons. The van der Waals surface area contributed by atoms with E-state index in [1.165, 1.54) is 5.56 Å². The quantitative estimate of drug-likeness (QED) is 0.304. The van der Waals surface area contributed by atoms with Crippen molar-refractivity contribution in [2.75, 3.05) is 0 Å². The average Bonchev–Trinajstić information content (AvgIpc) is 3.35. The van der Waals surface area contributed by atoms with Crippen molar-refractivity contribution in [3.05, 3.63) is 76.0 Å². The van der Waals surface area contributed by atoms with Gasteiger partial charge in [-0.05, 0) is 32.0 Å². The Labute approximate surface area is 189 Å². The predicted molar refractivity (Wildman–Crippen MR) is 123 cm³/mol. The maximum absolute atomic E-state index is 6.29. The zero-order valence-corrected chi connectivity index (χ0v) is 19.3. The van der Waals surface area contributed by atoms with E-state index >= 15 is 0 Å². The molecule has 0 saturated heterocycles. The van der Waals surface area contributed by atoms with Gasteiger partial charge in [-0.2, -0.15) is 0 Å². The Balaban J connectivity index is 1.41. The van der Waals surface area contributed by atoms with Gasteiger partial charge >= 0.3 is 0 Å². The van der Waals surface area contributed by atoms with Crippen molar-refractivity contribution < 1.29 is 4.74 Å². The molecule has 0 aliphatic rings. The maximum Gasteiger partial charge on any atom is 0.191 e. The molecule has 0 aliphatic heterocycles. The Bertz CT molecular complexity index is 1140. The summed E-state index contributed by atoms with van der Waals surface area (Å²) in [6.07, 6.45) is -0.203. The van der Waals surface area contributed by atoms with E-state index in [0.717, 1.165) is 33.0 Å². The molecule has 4 aromatic rings. The molecule has 0 fully saturated rings. The fourth-order valence-electron chi connectivity index (χ4n) is 2.95. The van der Waals surface area contributed by atoms with Crippen LogP contribution in [0.3, 0.4) is 0 Å². The van der Waals surface area contributed by atoms with E-state index in [1.807, 2.05) is 67.1 Å². The van der Waals surface area contributed by atoms with Gasteiger partial charge in [0.1, 0.15) is 10.8 Å². The molecule has 4 rings (SSSR count). The standard InChI is InChI=1S/C22H21ClN4OS2/c1-14-8-10-17(11-9-14)28-15(2)20-25-26-22(27(20)3)30-13-16-12-29-21(24-16)18-6-4-5-7-19(18)23/h4-12,15H,13H2,1-3H3. The molecular weight excluding hydrogens is 436 g/mol. The van der Waals surface area contributed by atoms with Gasteiger partial charge in [-0.3, -0.25) is 0 Å². The highest BCUT2D eigenvalue weighted by Crippen LogP contribution is 2.32. The third kappa shape index (κ3) is 4.69. The van der Waals surface area contributed by atoms with Crippen LogP contribution in [0.25, 0.3) is 10.6 Å². The number of thiazole rings is 1. The lowest BCUT2D eigenvalue weighted by Gasteiger charge is -2.14. The van der Waals surface area contributed by atoms with Gasteiger partial charge in [-0.15, -0.1) is 21.5 Å². The van der Waals surface area contributed by atoms with Gasteiger partial charge in [0, 0.05) is 23.7 Å². The first-order valence-electron chi connectivity index (χ1n) is 9.46. The topological polar surface area (TPSA) is 52.8 Å². The second-order valence-electron chi connectivity index (χ2n) is 6.89. The van der Waals surface area contributed by atoms with Gasteiger partial charge in [-0.25, -0.2) is 4.98 Å². The number of aromatic nitrogens is 4. The van der Waals surface area contributed by atoms with Crippen LogP contribution < -0.4 is 4.74 Å². The van der Waals surface area contributed by atoms with Gasteiger partial charge in [0.15, 0.2) is 17.1 Å². The van der Waals surface area contributed by atoms with Crippen LogP contribution in [-0.2, 0) is 12.8 Å². The SMILES string of the molecule is Cc1ccc(OC(C)c2nnc(SCc3csc(-c4ccccc4Cl)n3)n2C)cc1. The highest BCUT2D eigenvalue weighted by atomic mass is 35.5. The molecule has 2 aromatic heterocycles. The number of halogens is 1. The number of benzene rings is 2. The molecule has 2 heterocycles. The van der Waals surface area contributed by atoms with Crippen molar-refractivity contribution in [2.24, 2.45) is 7.05 Å². The highest BCUT2D eigenvalue weighted by Gasteiger charge is 2.18. The number of hydrogen-bond acceptors (Lipinski definition) is 6. The molecule has 0 bridgehead atoms. The van der Waals surface area contributed by atoms with Crippen LogP contribution in [-0.4, -0.2) is 19.7 Å². The van der Waals surface area contributed by atoms with Crippen LogP contribution in [0.4, 0.5) is 0 Å². The average molecular weight is 457 g/mol. The minimum absolute atomic E-state index is 0.203. The Morgan fingerprint density at radius 2 is 1.90 bits per heavy atom. The van der Waals surface area contributed by atoms with E-state index in [-0.39, 0.29) is 6.10 Å². The number of hydrogen-bond donors (Lipinski definition) is 0. The Morgan fingerprint density at radius 3 is 2.67 bits per heavy atom. The summed E-state index contributed by atoms with van der Waals surface area (Å²) in [6, 6.07) is 15.8. The third-order valence-corrected chi connectivity index (χ3v) is 6.88. The maximum atomic E-state index is 6.29. The third-order valence-electron chi connectivity index (χ3n) is 4.57. The number of thioether (sulfide) groups is 1. The molecule has 0 aliphatic carbocycles. The number of nitrogens with zero attached hydrogens (tertiary/aromatic N) is 4. The van der Waals surface area contributed by atoms with Crippen molar-refractivity contribution in [2.45, 2.75) is 30.9 Å². The van der Waals surface area contributed by atoms with E-state index in [1.54, 1.807) is 23.1 Å². The van der Waals surface area contributed by atoms with Crippen LogP contribution in [0.5, 0.6) is 5.75 Å². The molecule has 1 atom stereocenters. The van der Waals surface area contributed by atoms with Gasteiger partial charge in [-0.1, -0.05) is 59.3 Å². The lowest BCUT2D eigenvalue weighted by molar-refractivity contribution is 0.211. The van der Waals surface area contributed by atoms with Crippen molar-refractivity contribution >= 4 is 34.7 Å². The second kappa shape index (κ2) is 9.20. The molecule has 0 amide bonds. The summed E-state index contributed by atoms with van der Waals surface area (Å²) in [5.41, 5.74) is 3.16. The molecule has 30 heavy (non-hydrogen) atoms. The largest absolute Gasteiger partial charge is 0.483 e. The first-order valence-corrected chi connectivity index (χ1v) is 11.7. The van der Waals surface area contributed by atoms with Gasteiger partial charge in [0.2, 0.25) is 0 Å². The van der Waals surface area contributed by atoms with Crippen LogP contribution in [0.2, 0.25) is 5.02 Å². The molecule has 8 heteroatoms. The number of rotatable bonds is 7. The van der Waals surface area contributed by atoms with Crippen molar-refractivity contribution in [1.29, 1.82) is 0 Å². The fraction of sp³-hybridized carbons (Fsp3) is 0.227. The summed E-state index contributed by atoms with van der Waals surface area (Å²) >= 11 is 9.49. The number of aryl methyl sites for hydroxylation is 1. The molecule has 0 saturated carbocycles. The zero-order valence-electron chi connectivity index (χ0n) is 16.9. The molecule has 1 unspecified atom stereocenters.